The molecule has 0 aliphatic carbocycles. The first kappa shape index (κ1) is 21.0. The molecule has 0 saturated carbocycles. The number of hydrogen-bond donors (Lipinski definition) is 0. The molecule has 0 atom stereocenters. The summed E-state index contributed by atoms with van der Waals surface area (Å²) in [6.07, 6.45) is 5.98. The molecule has 3 heterocycles. The van der Waals surface area contributed by atoms with E-state index in [4.69, 9.17) is 9.47 Å². The second-order valence-corrected chi connectivity index (χ2v) is 9.14. The number of carbonyl (C=O) groups is 2. The van der Waals surface area contributed by atoms with Crippen LogP contribution < -0.4 is 0 Å². The first-order valence-electron chi connectivity index (χ1n) is 8.79. The first-order valence-corrected chi connectivity index (χ1v) is 12.1. The third-order valence-electron chi connectivity index (χ3n) is 4.31. The lowest BCUT2D eigenvalue weighted by atomic mass is 9.99. The summed E-state index contributed by atoms with van der Waals surface area (Å²) >= 11 is 2.20. The standard InChI is InChI=1S/C19H22IN3O4S/c1-19(2,3)27-18(25)22-7-5-12(6-8-22)15-11-23(28-20)16-14(15)9-13(10-21-16)17(24)26-4/h5,9-11H,6-8H2,1-4H3. The van der Waals surface area contributed by atoms with Crippen molar-refractivity contribution >= 4 is 59.0 Å². The SMILES string of the molecule is COC(=O)c1cnc2c(c1)c(C1=CCN(C(=O)OC(C)(C)C)CC1)cn2SI. The maximum absolute atomic E-state index is 12.3. The average Bonchev–Trinajstić information content (AvgIpc) is 3.04. The summed E-state index contributed by atoms with van der Waals surface area (Å²) in [5.74, 6) is -0.413. The molecule has 2 aromatic rings. The lowest BCUT2D eigenvalue weighted by Crippen LogP contribution is -2.39. The predicted molar refractivity (Wildman–Crippen MR) is 118 cm³/mol. The number of fused-ring (bicyclic) bond motifs is 1. The van der Waals surface area contributed by atoms with Crippen LogP contribution in [0.5, 0.6) is 0 Å². The molecule has 28 heavy (non-hydrogen) atoms. The summed E-state index contributed by atoms with van der Waals surface area (Å²) in [6.45, 7) is 6.64. The maximum atomic E-state index is 12.3. The predicted octanol–water partition coefficient (Wildman–Crippen LogP) is 4.69. The minimum atomic E-state index is -0.512. The molecule has 0 bridgehead atoms. The second kappa shape index (κ2) is 8.32. The molecule has 1 aliphatic rings. The molecule has 0 spiro atoms. The van der Waals surface area contributed by atoms with Crippen LogP contribution in [0.2, 0.25) is 0 Å². The van der Waals surface area contributed by atoms with E-state index in [0.717, 1.165) is 22.2 Å². The molecular weight excluding hydrogens is 493 g/mol. The third kappa shape index (κ3) is 4.45. The number of halogens is 1. The normalized spacial score (nSPS) is 14.8. The van der Waals surface area contributed by atoms with Crippen LogP contribution in [-0.2, 0) is 9.47 Å². The van der Waals surface area contributed by atoms with Crippen LogP contribution in [0.25, 0.3) is 16.6 Å². The van der Waals surface area contributed by atoms with Crippen molar-refractivity contribution in [3.05, 3.63) is 35.7 Å². The number of rotatable bonds is 3. The van der Waals surface area contributed by atoms with Gasteiger partial charge < -0.3 is 14.4 Å². The summed E-state index contributed by atoms with van der Waals surface area (Å²) < 4.78 is 12.2. The van der Waals surface area contributed by atoms with Crippen LogP contribution in [-0.4, -0.2) is 51.7 Å². The van der Waals surface area contributed by atoms with Gasteiger partial charge in [-0.1, -0.05) is 6.08 Å². The molecule has 9 heteroatoms. The van der Waals surface area contributed by atoms with Crippen molar-refractivity contribution < 1.29 is 19.1 Å². The molecule has 1 aliphatic heterocycles. The van der Waals surface area contributed by atoms with Crippen molar-refractivity contribution in [2.45, 2.75) is 32.8 Å². The van der Waals surface area contributed by atoms with Gasteiger partial charge in [0.1, 0.15) is 5.60 Å². The Morgan fingerprint density at radius 3 is 2.64 bits per heavy atom. The molecule has 0 N–H and O–H groups in total. The van der Waals surface area contributed by atoms with E-state index in [1.54, 1.807) is 4.90 Å². The highest BCUT2D eigenvalue weighted by Gasteiger charge is 2.25. The van der Waals surface area contributed by atoms with Crippen LogP contribution in [0.1, 0.15) is 43.1 Å². The number of aromatic nitrogens is 2. The van der Waals surface area contributed by atoms with Gasteiger partial charge in [-0.3, -0.25) is 3.97 Å². The highest BCUT2D eigenvalue weighted by molar-refractivity contribution is 14.2. The molecule has 7 nitrogen and oxygen atoms in total. The first-order chi connectivity index (χ1) is 13.2. The van der Waals surface area contributed by atoms with Crippen molar-refractivity contribution in [3.63, 3.8) is 0 Å². The highest BCUT2D eigenvalue weighted by Crippen LogP contribution is 2.34. The summed E-state index contributed by atoms with van der Waals surface area (Å²) in [5, 5.41) is 0.893. The van der Waals surface area contributed by atoms with Gasteiger partial charge in [0.2, 0.25) is 0 Å². The van der Waals surface area contributed by atoms with Crippen LogP contribution in [0.15, 0.2) is 24.5 Å². The summed E-state index contributed by atoms with van der Waals surface area (Å²) in [4.78, 5) is 30.3. The zero-order valence-electron chi connectivity index (χ0n) is 16.2. The van der Waals surface area contributed by atoms with Crippen molar-refractivity contribution in [1.29, 1.82) is 0 Å². The summed E-state index contributed by atoms with van der Waals surface area (Å²) in [5.41, 5.74) is 2.83. The van der Waals surface area contributed by atoms with Gasteiger partial charge >= 0.3 is 12.1 Å². The van der Waals surface area contributed by atoms with Gasteiger partial charge in [0.15, 0.2) is 5.65 Å². The topological polar surface area (TPSA) is 73.7 Å². The number of ether oxygens (including phenoxy) is 2. The number of methoxy groups -OCH3 is 1. The molecule has 0 unspecified atom stereocenters. The van der Waals surface area contributed by atoms with Crippen LogP contribution in [0.4, 0.5) is 4.79 Å². The second-order valence-electron chi connectivity index (χ2n) is 7.43. The monoisotopic (exact) mass is 515 g/mol. The summed E-state index contributed by atoms with van der Waals surface area (Å²) in [6, 6.07) is 1.81. The number of hydrogen-bond acceptors (Lipinski definition) is 6. The Labute approximate surface area is 180 Å². The van der Waals surface area contributed by atoms with Gasteiger partial charge in [0.05, 0.1) is 12.7 Å². The Bertz CT molecular complexity index is 949. The van der Waals surface area contributed by atoms with E-state index < -0.39 is 11.6 Å². The smallest absolute Gasteiger partial charge is 0.410 e. The van der Waals surface area contributed by atoms with E-state index in [-0.39, 0.29) is 6.09 Å². The van der Waals surface area contributed by atoms with Crippen LogP contribution in [0, 0.1) is 0 Å². The van der Waals surface area contributed by atoms with Gasteiger partial charge in [-0.05, 0) is 38.8 Å². The number of esters is 1. The largest absolute Gasteiger partial charge is 0.465 e. The minimum absolute atomic E-state index is 0.303. The number of nitrogens with zero attached hydrogens (tertiary/aromatic N) is 3. The number of pyridine rings is 1. The van der Waals surface area contributed by atoms with Gasteiger partial charge in [0.25, 0.3) is 0 Å². The van der Waals surface area contributed by atoms with Crippen molar-refractivity contribution in [3.8, 4) is 0 Å². The van der Waals surface area contributed by atoms with E-state index in [2.05, 4.69) is 26.2 Å². The van der Waals surface area contributed by atoms with Crippen LogP contribution in [0.3, 0.4) is 0 Å². The van der Waals surface area contributed by atoms with E-state index in [9.17, 15) is 9.59 Å². The van der Waals surface area contributed by atoms with Gasteiger partial charge in [0, 0.05) is 66.8 Å². The molecule has 1 amide bonds. The quantitative estimate of drug-likeness (QED) is 0.436. The highest BCUT2D eigenvalue weighted by atomic mass is 127. The molecule has 3 rings (SSSR count). The van der Waals surface area contributed by atoms with E-state index in [1.165, 1.54) is 22.4 Å². The maximum Gasteiger partial charge on any atom is 0.410 e. The van der Waals surface area contributed by atoms with E-state index in [1.807, 2.05) is 43.1 Å². The Hall–Kier alpha value is -1.75. The minimum Gasteiger partial charge on any atom is -0.465 e. The number of carbonyl (C=O) groups excluding carboxylic acids is 2. The molecule has 2 aromatic heterocycles. The van der Waals surface area contributed by atoms with Crippen LogP contribution >= 0.6 is 30.3 Å². The Morgan fingerprint density at radius 1 is 1.32 bits per heavy atom. The fraction of sp³-hybridized carbons (Fsp3) is 0.421. The Balaban J connectivity index is 1.91. The Kier molecular flexibility index (Phi) is 6.23. The Morgan fingerprint density at radius 2 is 2.07 bits per heavy atom. The molecule has 150 valence electrons. The zero-order chi connectivity index (χ0) is 20.5. The van der Waals surface area contributed by atoms with Gasteiger partial charge in [-0.25, -0.2) is 14.6 Å². The zero-order valence-corrected chi connectivity index (χ0v) is 19.2. The van der Waals surface area contributed by atoms with Gasteiger partial charge in [-0.2, -0.15) is 0 Å². The summed E-state index contributed by atoms with van der Waals surface area (Å²) in [7, 11) is 2.87. The van der Waals surface area contributed by atoms with Crippen molar-refractivity contribution in [2.75, 3.05) is 20.2 Å². The fourth-order valence-electron chi connectivity index (χ4n) is 3.02. The lowest BCUT2D eigenvalue weighted by molar-refractivity contribution is 0.0270. The van der Waals surface area contributed by atoms with E-state index >= 15 is 0 Å². The molecular formula is C19H22IN3O4S. The molecule has 0 fully saturated rings. The van der Waals surface area contributed by atoms with E-state index in [0.29, 0.717) is 25.1 Å². The van der Waals surface area contributed by atoms with Crippen molar-refractivity contribution in [2.24, 2.45) is 0 Å². The van der Waals surface area contributed by atoms with Gasteiger partial charge in [-0.15, -0.1) is 0 Å². The fourth-order valence-corrected chi connectivity index (χ4v) is 4.28. The average molecular weight is 515 g/mol. The number of amides is 1. The molecule has 0 aromatic carbocycles. The van der Waals surface area contributed by atoms with Crippen molar-refractivity contribution in [1.82, 2.24) is 13.9 Å². The molecule has 0 radical (unpaired) electrons. The molecule has 0 saturated heterocycles. The third-order valence-corrected chi connectivity index (χ3v) is 6.01. The lowest BCUT2D eigenvalue weighted by Gasteiger charge is -2.29.